The average Bonchev–Trinajstić information content (AvgIpc) is 2.41. The van der Waals surface area contributed by atoms with Crippen LogP contribution in [0.5, 0.6) is 0 Å². The van der Waals surface area contributed by atoms with Crippen LogP contribution in [0.25, 0.3) is 0 Å². The molecule has 0 bridgehead atoms. The first-order valence-corrected chi connectivity index (χ1v) is 6.91. The van der Waals surface area contributed by atoms with Crippen LogP contribution in [0, 0.1) is 11.6 Å². The van der Waals surface area contributed by atoms with Gasteiger partial charge in [-0.05, 0) is 44.8 Å². The first kappa shape index (κ1) is 15.4. The third kappa shape index (κ3) is 4.02. The van der Waals surface area contributed by atoms with Crippen LogP contribution in [-0.2, 0) is 6.54 Å². The van der Waals surface area contributed by atoms with E-state index >= 15 is 0 Å². The fraction of sp³-hybridized carbons (Fsp3) is 0.294. The van der Waals surface area contributed by atoms with E-state index in [4.69, 9.17) is 0 Å². The number of nitrogens with one attached hydrogen (secondary N) is 1. The van der Waals surface area contributed by atoms with Gasteiger partial charge in [-0.1, -0.05) is 24.3 Å². The molecule has 0 aromatic heterocycles. The Kier molecular flexibility index (Phi) is 4.91. The van der Waals surface area contributed by atoms with E-state index < -0.39 is 11.6 Å². The average molecular weight is 290 g/mol. The number of halogens is 2. The predicted molar refractivity (Wildman–Crippen MR) is 82.2 cm³/mol. The molecule has 1 atom stereocenters. The van der Waals surface area contributed by atoms with Gasteiger partial charge in [-0.2, -0.15) is 0 Å². The quantitative estimate of drug-likeness (QED) is 0.888. The molecular formula is C17H20F2N2. The van der Waals surface area contributed by atoms with Crippen molar-refractivity contribution in [3.05, 3.63) is 65.2 Å². The van der Waals surface area contributed by atoms with Crippen LogP contribution in [0.2, 0.25) is 0 Å². The second-order valence-electron chi connectivity index (χ2n) is 5.45. The van der Waals surface area contributed by atoms with Crippen molar-refractivity contribution in [2.75, 3.05) is 19.4 Å². The second-order valence-corrected chi connectivity index (χ2v) is 5.45. The van der Waals surface area contributed by atoms with Crippen LogP contribution in [0.3, 0.4) is 0 Å². The molecule has 0 saturated heterocycles. The fourth-order valence-corrected chi connectivity index (χ4v) is 2.31. The summed E-state index contributed by atoms with van der Waals surface area (Å²) in [5.41, 5.74) is 2.38. The Morgan fingerprint density at radius 2 is 1.81 bits per heavy atom. The van der Waals surface area contributed by atoms with Gasteiger partial charge < -0.3 is 10.2 Å². The molecule has 0 fully saturated rings. The second kappa shape index (κ2) is 6.68. The lowest BCUT2D eigenvalue weighted by Crippen LogP contribution is -2.12. The van der Waals surface area contributed by atoms with E-state index in [-0.39, 0.29) is 6.04 Å². The highest BCUT2D eigenvalue weighted by Crippen LogP contribution is 2.23. The van der Waals surface area contributed by atoms with E-state index in [9.17, 15) is 8.78 Å². The van der Waals surface area contributed by atoms with E-state index in [0.717, 1.165) is 23.9 Å². The highest BCUT2D eigenvalue weighted by molar-refractivity contribution is 5.47. The van der Waals surface area contributed by atoms with Crippen LogP contribution >= 0.6 is 0 Å². The topological polar surface area (TPSA) is 15.3 Å². The molecule has 0 aliphatic rings. The molecule has 112 valence electrons. The largest absolute Gasteiger partial charge is 0.378 e. The summed E-state index contributed by atoms with van der Waals surface area (Å²) in [7, 11) is 4.01. The Bertz CT molecular complexity index is 611. The normalized spacial score (nSPS) is 12.5. The van der Waals surface area contributed by atoms with Crippen molar-refractivity contribution in [3.8, 4) is 0 Å². The Hall–Kier alpha value is -1.94. The van der Waals surface area contributed by atoms with Crippen molar-refractivity contribution in [3.63, 3.8) is 0 Å². The minimum absolute atomic E-state index is 0.310. The van der Waals surface area contributed by atoms with Gasteiger partial charge in [0.25, 0.3) is 0 Å². The Morgan fingerprint density at radius 1 is 1.10 bits per heavy atom. The summed E-state index contributed by atoms with van der Waals surface area (Å²) in [4.78, 5) is 2.08. The molecule has 0 spiro atoms. The smallest absolute Gasteiger partial charge is 0.164 e. The third-order valence-electron chi connectivity index (χ3n) is 3.26. The number of nitrogens with zero attached hydrogens (tertiary/aromatic N) is 1. The molecule has 2 rings (SSSR count). The molecular weight excluding hydrogens is 270 g/mol. The molecule has 0 amide bonds. The molecule has 0 heterocycles. The van der Waals surface area contributed by atoms with Gasteiger partial charge in [0.05, 0.1) is 6.04 Å². The first-order chi connectivity index (χ1) is 9.97. The maximum absolute atomic E-state index is 13.8. The molecule has 2 nitrogen and oxygen atoms in total. The van der Waals surface area contributed by atoms with Gasteiger partial charge in [-0.15, -0.1) is 0 Å². The SMILES string of the molecule is CC(Nc1cccc(CN(C)C)c1)c1cccc(F)c1F. The first-order valence-electron chi connectivity index (χ1n) is 6.91. The lowest BCUT2D eigenvalue weighted by molar-refractivity contribution is 0.402. The van der Waals surface area contributed by atoms with E-state index in [0.29, 0.717) is 5.56 Å². The Balaban J connectivity index is 2.15. The molecule has 2 aromatic carbocycles. The highest BCUT2D eigenvalue weighted by Gasteiger charge is 2.14. The molecule has 0 aliphatic heterocycles. The zero-order valence-electron chi connectivity index (χ0n) is 12.5. The summed E-state index contributed by atoms with van der Waals surface area (Å²) in [5, 5.41) is 3.21. The van der Waals surface area contributed by atoms with Crippen molar-refractivity contribution in [2.24, 2.45) is 0 Å². The zero-order valence-corrected chi connectivity index (χ0v) is 12.5. The minimum Gasteiger partial charge on any atom is -0.378 e. The fourth-order valence-electron chi connectivity index (χ4n) is 2.31. The number of hydrogen-bond donors (Lipinski definition) is 1. The summed E-state index contributed by atoms with van der Waals surface area (Å²) >= 11 is 0. The van der Waals surface area contributed by atoms with Gasteiger partial charge in [0.2, 0.25) is 0 Å². The minimum atomic E-state index is -0.817. The number of hydrogen-bond acceptors (Lipinski definition) is 2. The van der Waals surface area contributed by atoms with Crippen molar-refractivity contribution in [1.29, 1.82) is 0 Å². The standard InChI is InChI=1S/C17H20F2N2/c1-12(15-8-5-9-16(18)17(15)19)20-14-7-4-6-13(10-14)11-21(2)3/h4-10,12,20H,11H2,1-3H3. The molecule has 1 N–H and O–H groups in total. The maximum Gasteiger partial charge on any atom is 0.164 e. The van der Waals surface area contributed by atoms with Crippen molar-refractivity contribution >= 4 is 5.69 Å². The molecule has 2 aromatic rings. The van der Waals surface area contributed by atoms with Gasteiger partial charge >= 0.3 is 0 Å². The Labute approximate surface area is 124 Å². The van der Waals surface area contributed by atoms with Crippen molar-refractivity contribution < 1.29 is 8.78 Å². The van der Waals surface area contributed by atoms with E-state index in [1.54, 1.807) is 6.07 Å². The van der Waals surface area contributed by atoms with Crippen LogP contribution in [0.15, 0.2) is 42.5 Å². The predicted octanol–water partition coefficient (Wildman–Crippen LogP) is 4.20. The molecule has 21 heavy (non-hydrogen) atoms. The van der Waals surface area contributed by atoms with Crippen LogP contribution in [-0.4, -0.2) is 19.0 Å². The van der Waals surface area contributed by atoms with Crippen molar-refractivity contribution in [2.45, 2.75) is 19.5 Å². The number of anilines is 1. The van der Waals surface area contributed by atoms with Gasteiger partial charge in [0, 0.05) is 17.8 Å². The van der Waals surface area contributed by atoms with Gasteiger partial charge in [-0.3, -0.25) is 0 Å². The van der Waals surface area contributed by atoms with Gasteiger partial charge in [0.1, 0.15) is 0 Å². The monoisotopic (exact) mass is 290 g/mol. The van der Waals surface area contributed by atoms with E-state index in [1.165, 1.54) is 6.07 Å². The summed E-state index contributed by atoms with van der Waals surface area (Å²) in [6.07, 6.45) is 0. The van der Waals surface area contributed by atoms with Crippen molar-refractivity contribution in [1.82, 2.24) is 4.90 Å². The van der Waals surface area contributed by atoms with Crippen LogP contribution in [0.4, 0.5) is 14.5 Å². The lowest BCUT2D eigenvalue weighted by atomic mass is 10.1. The summed E-state index contributed by atoms with van der Waals surface area (Å²) in [6, 6.07) is 11.9. The summed E-state index contributed by atoms with van der Waals surface area (Å²) < 4.78 is 27.1. The molecule has 0 radical (unpaired) electrons. The molecule has 0 aliphatic carbocycles. The number of benzene rings is 2. The van der Waals surface area contributed by atoms with Gasteiger partial charge in [0.15, 0.2) is 11.6 Å². The highest BCUT2D eigenvalue weighted by atomic mass is 19.2. The van der Waals surface area contributed by atoms with Gasteiger partial charge in [-0.25, -0.2) is 8.78 Å². The van der Waals surface area contributed by atoms with Crippen LogP contribution in [0.1, 0.15) is 24.1 Å². The number of rotatable bonds is 5. The third-order valence-corrected chi connectivity index (χ3v) is 3.26. The Morgan fingerprint density at radius 3 is 2.52 bits per heavy atom. The van der Waals surface area contributed by atoms with Crippen LogP contribution < -0.4 is 5.32 Å². The maximum atomic E-state index is 13.8. The summed E-state index contributed by atoms with van der Waals surface area (Å²) in [5.74, 6) is -1.61. The molecule has 4 heteroatoms. The zero-order chi connectivity index (χ0) is 15.4. The van der Waals surface area contributed by atoms with E-state index in [1.807, 2.05) is 45.3 Å². The lowest BCUT2D eigenvalue weighted by Gasteiger charge is -2.18. The molecule has 1 unspecified atom stereocenters. The summed E-state index contributed by atoms with van der Waals surface area (Å²) in [6.45, 7) is 2.65. The van der Waals surface area contributed by atoms with E-state index in [2.05, 4.69) is 10.2 Å². The molecule has 0 saturated carbocycles.